The lowest BCUT2D eigenvalue weighted by Gasteiger charge is -2.12. The van der Waals surface area contributed by atoms with Crippen LogP contribution in [-0.4, -0.2) is 30.5 Å². The monoisotopic (exact) mass is 436 g/mol. The van der Waals surface area contributed by atoms with Gasteiger partial charge in [-0.05, 0) is 66.2 Å². The fourth-order valence-electron chi connectivity index (χ4n) is 2.92. The Morgan fingerprint density at radius 2 is 1.36 bits per heavy atom. The third kappa shape index (κ3) is 4.94. The van der Waals surface area contributed by atoms with Crippen molar-refractivity contribution in [2.75, 3.05) is 20.6 Å². The second-order valence-corrected chi connectivity index (χ2v) is 7.68. The van der Waals surface area contributed by atoms with Crippen molar-refractivity contribution in [2.24, 2.45) is 0 Å². The molecule has 0 radical (unpaired) electrons. The summed E-state index contributed by atoms with van der Waals surface area (Å²) in [5, 5.41) is 10.9. The number of non-ortho nitro benzene ring substituents is 1. The maximum Gasteiger partial charge on any atom is 0.269 e. The van der Waals surface area contributed by atoms with Crippen molar-refractivity contribution in [1.29, 1.82) is 0 Å². The molecule has 0 bridgehead atoms. The van der Waals surface area contributed by atoms with Gasteiger partial charge in [-0.15, -0.1) is 0 Å². The molecule has 0 heterocycles. The highest BCUT2D eigenvalue weighted by molar-refractivity contribution is 9.10. The van der Waals surface area contributed by atoms with Crippen LogP contribution in [0.15, 0.2) is 83.3 Å². The average molecular weight is 437 g/mol. The first-order valence-electron chi connectivity index (χ1n) is 8.90. The van der Waals surface area contributed by atoms with Crippen molar-refractivity contribution in [1.82, 2.24) is 4.90 Å². The molecule has 0 unspecified atom stereocenters. The second-order valence-electron chi connectivity index (χ2n) is 6.77. The molecule has 0 aromatic heterocycles. The Labute approximate surface area is 173 Å². The number of hydrogen-bond acceptors (Lipinski definition) is 3. The van der Waals surface area contributed by atoms with Gasteiger partial charge in [0, 0.05) is 23.2 Å². The summed E-state index contributed by atoms with van der Waals surface area (Å²) in [5.74, 6) is 0. The quantitative estimate of drug-likeness (QED) is 0.350. The average Bonchev–Trinajstić information content (AvgIpc) is 2.69. The van der Waals surface area contributed by atoms with E-state index in [0.717, 1.165) is 38.8 Å². The van der Waals surface area contributed by atoms with Gasteiger partial charge >= 0.3 is 0 Å². The van der Waals surface area contributed by atoms with E-state index in [-0.39, 0.29) is 10.6 Å². The zero-order valence-electron chi connectivity index (χ0n) is 15.8. The normalized spacial score (nSPS) is 11.6. The molecule has 3 aromatic rings. The Morgan fingerprint density at radius 3 is 1.82 bits per heavy atom. The molecule has 0 saturated carbocycles. The lowest BCUT2D eigenvalue weighted by Crippen LogP contribution is -2.11. The van der Waals surface area contributed by atoms with Gasteiger partial charge in [0.15, 0.2) is 0 Å². The highest BCUT2D eigenvalue weighted by Gasteiger charge is 2.09. The highest BCUT2D eigenvalue weighted by atomic mass is 79.9. The van der Waals surface area contributed by atoms with Crippen molar-refractivity contribution in [2.45, 2.75) is 0 Å². The number of nitro groups is 1. The topological polar surface area (TPSA) is 46.4 Å². The molecule has 0 fully saturated rings. The lowest BCUT2D eigenvalue weighted by molar-refractivity contribution is -0.384. The number of halogens is 1. The van der Waals surface area contributed by atoms with Crippen LogP contribution in [0.1, 0.15) is 11.1 Å². The van der Waals surface area contributed by atoms with Crippen molar-refractivity contribution in [3.05, 3.63) is 105 Å². The molecule has 3 rings (SSSR count). The van der Waals surface area contributed by atoms with Crippen LogP contribution >= 0.6 is 15.9 Å². The summed E-state index contributed by atoms with van der Waals surface area (Å²) in [7, 11) is 4.03. The third-order valence-corrected chi connectivity index (χ3v) is 4.95. The molecule has 0 atom stereocenters. The van der Waals surface area contributed by atoms with Crippen LogP contribution in [0.2, 0.25) is 0 Å². The summed E-state index contributed by atoms with van der Waals surface area (Å²) < 4.78 is 1.06. The predicted molar refractivity (Wildman–Crippen MR) is 118 cm³/mol. The van der Waals surface area contributed by atoms with E-state index >= 15 is 0 Å². The number of nitrogens with zero attached hydrogens (tertiary/aromatic N) is 2. The van der Waals surface area contributed by atoms with Crippen LogP contribution in [0, 0.1) is 10.1 Å². The van der Waals surface area contributed by atoms with Gasteiger partial charge in [0.2, 0.25) is 0 Å². The molecule has 0 saturated heterocycles. The maximum absolute atomic E-state index is 10.9. The number of nitro benzene ring substituents is 1. The van der Waals surface area contributed by atoms with Gasteiger partial charge in [-0.3, -0.25) is 10.1 Å². The van der Waals surface area contributed by atoms with E-state index in [1.807, 2.05) is 38.4 Å². The van der Waals surface area contributed by atoms with E-state index in [2.05, 4.69) is 63.3 Å². The van der Waals surface area contributed by atoms with Gasteiger partial charge in [0.25, 0.3) is 5.69 Å². The fourth-order valence-corrected chi connectivity index (χ4v) is 3.19. The van der Waals surface area contributed by atoms with Crippen molar-refractivity contribution < 1.29 is 4.92 Å². The summed E-state index contributed by atoms with van der Waals surface area (Å²) >= 11 is 3.46. The van der Waals surface area contributed by atoms with Crippen LogP contribution < -0.4 is 0 Å². The van der Waals surface area contributed by atoms with Crippen molar-refractivity contribution in [3.63, 3.8) is 0 Å². The minimum absolute atomic E-state index is 0.0984. The summed E-state index contributed by atoms with van der Waals surface area (Å²) in [4.78, 5) is 12.7. The Hall–Kier alpha value is -2.76. The Kier molecular flexibility index (Phi) is 6.39. The summed E-state index contributed by atoms with van der Waals surface area (Å²) in [6, 6.07) is 23.3. The van der Waals surface area contributed by atoms with Crippen molar-refractivity contribution in [3.8, 4) is 11.1 Å². The Morgan fingerprint density at radius 1 is 0.893 bits per heavy atom. The SMILES string of the molecule is CN(C)C/C=C(\c1ccc(-c2ccc(Br)cc2)cc1)c1ccc([N+](=O)[O-])cc1. The molecule has 142 valence electrons. The third-order valence-electron chi connectivity index (χ3n) is 4.42. The van der Waals surface area contributed by atoms with Gasteiger partial charge in [-0.1, -0.05) is 58.4 Å². The predicted octanol–water partition coefficient (Wildman–Crippen LogP) is 6.02. The molecular weight excluding hydrogens is 416 g/mol. The lowest BCUT2D eigenvalue weighted by atomic mass is 9.95. The van der Waals surface area contributed by atoms with E-state index in [1.165, 1.54) is 0 Å². The molecule has 0 spiro atoms. The van der Waals surface area contributed by atoms with E-state index < -0.39 is 0 Å². The second kappa shape index (κ2) is 8.95. The minimum Gasteiger partial charge on any atom is -0.306 e. The number of likely N-dealkylation sites (N-methyl/N-ethyl adjacent to an activating group) is 1. The number of rotatable bonds is 6. The Balaban J connectivity index is 1.95. The number of hydrogen-bond donors (Lipinski definition) is 0. The van der Waals surface area contributed by atoms with Crippen LogP contribution in [0.25, 0.3) is 16.7 Å². The van der Waals surface area contributed by atoms with E-state index in [0.29, 0.717) is 0 Å². The maximum atomic E-state index is 10.9. The van der Waals surface area contributed by atoms with Crippen molar-refractivity contribution >= 4 is 27.2 Å². The van der Waals surface area contributed by atoms with E-state index in [1.54, 1.807) is 12.1 Å². The zero-order valence-corrected chi connectivity index (χ0v) is 17.4. The van der Waals surface area contributed by atoms with Gasteiger partial charge in [-0.25, -0.2) is 0 Å². The van der Waals surface area contributed by atoms with Gasteiger partial charge in [-0.2, -0.15) is 0 Å². The largest absolute Gasteiger partial charge is 0.306 e. The molecule has 0 aliphatic rings. The summed E-state index contributed by atoms with van der Waals surface area (Å²) in [6.45, 7) is 0.779. The first-order chi connectivity index (χ1) is 13.4. The highest BCUT2D eigenvalue weighted by Crippen LogP contribution is 2.28. The molecule has 0 aliphatic heterocycles. The van der Waals surface area contributed by atoms with E-state index in [9.17, 15) is 10.1 Å². The molecule has 0 amide bonds. The van der Waals surface area contributed by atoms with E-state index in [4.69, 9.17) is 0 Å². The van der Waals surface area contributed by atoms with Gasteiger partial charge < -0.3 is 4.90 Å². The number of benzene rings is 3. The Bertz CT molecular complexity index is 977. The first-order valence-corrected chi connectivity index (χ1v) is 9.69. The minimum atomic E-state index is -0.375. The first kappa shape index (κ1) is 20.0. The molecule has 5 heteroatoms. The van der Waals surface area contributed by atoms with Crippen LogP contribution in [-0.2, 0) is 0 Å². The van der Waals surface area contributed by atoms with Crippen LogP contribution in [0.4, 0.5) is 5.69 Å². The van der Waals surface area contributed by atoms with Gasteiger partial charge in [0.1, 0.15) is 0 Å². The van der Waals surface area contributed by atoms with Crippen LogP contribution in [0.5, 0.6) is 0 Å². The summed E-state index contributed by atoms with van der Waals surface area (Å²) in [5.41, 5.74) is 5.50. The smallest absolute Gasteiger partial charge is 0.269 e. The molecule has 0 aliphatic carbocycles. The van der Waals surface area contributed by atoms with Gasteiger partial charge in [0.05, 0.1) is 4.92 Å². The molecule has 3 aromatic carbocycles. The summed E-state index contributed by atoms with van der Waals surface area (Å²) in [6.07, 6.45) is 2.15. The molecular formula is C23H21BrN2O2. The van der Waals surface area contributed by atoms with Crippen LogP contribution in [0.3, 0.4) is 0 Å². The fraction of sp³-hybridized carbons (Fsp3) is 0.130. The molecule has 4 nitrogen and oxygen atoms in total. The standard InChI is InChI=1S/C23H21BrN2O2/c1-25(2)16-15-23(20-9-13-22(14-10-20)26(27)28)19-5-3-17(4-6-19)18-7-11-21(24)12-8-18/h3-15H,16H2,1-2H3/b23-15+. The molecule has 28 heavy (non-hydrogen) atoms. The molecule has 0 N–H and O–H groups in total. The zero-order chi connectivity index (χ0) is 20.1.